The quantitative estimate of drug-likeness (QED) is 0.0262. The van der Waals surface area contributed by atoms with E-state index < -0.39 is 6.10 Å². The largest absolute Gasteiger partial charge is 0.462 e. The van der Waals surface area contributed by atoms with E-state index in [1.165, 1.54) is 225 Å². The molecular formula is C61H114O6. The van der Waals surface area contributed by atoms with Gasteiger partial charge in [0.25, 0.3) is 0 Å². The summed E-state index contributed by atoms with van der Waals surface area (Å²) in [7, 11) is 0. The van der Waals surface area contributed by atoms with Crippen LogP contribution in [-0.2, 0) is 28.6 Å². The molecule has 0 aliphatic carbocycles. The molecule has 0 aliphatic rings. The second-order valence-corrected chi connectivity index (χ2v) is 20.3. The molecule has 0 fully saturated rings. The lowest BCUT2D eigenvalue weighted by Crippen LogP contribution is -2.30. The van der Waals surface area contributed by atoms with Crippen molar-refractivity contribution in [3.8, 4) is 0 Å². The van der Waals surface area contributed by atoms with Crippen molar-refractivity contribution in [2.75, 3.05) is 13.2 Å². The van der Waals surface area contributed by atoms with E-state index in [2.05, 4.69) is 45.1 Å². The molecule has 1 unspecified atom stereocenters. The number of allylic oxidation sites excluding steroid dienone is 4. The van der Waals surface area contributed by atoms with Gasteiger partial charge in [-0.2, -0.15) is 0 Å². The van der Waals surface area contributed by atoms with Gasteiger partial charge in [0, 0.05) is 19.3 Å². The average molecular weight is 944 g/mol. The summed E-state index contributed by atoms with van der Waals surface area (Å²) in [4.78, 5) is 37.8. The lowest BCUT2D eigenvalue weighted by atomic mass is 10.0. The lowest BCUT2D eigenvalue weighted by Gasteiger charge is -2.18. The van der Waals surface area contributed by atoms with Gasteiger partial charge in [-0.25, -0.2) is 0 Å². The Hall–Kier alpha value is -2.11. The molecule has 394 valence electrons. The van der Waals surface area contributed by atoms with E-state index in [9.17, 15) is 14.4 Å². The molecule has 0 rings (SSSR count). The van der Waals surface area contributed by atoms with Crippen LogP contribution in [0, 0.1) is 0 Å². The highest BCUT2D eigenvalue weighted by Gasteiger charge is 2.19. The summed E-state index contributed by atoms with van der Waals surface area (Å²) >= 11 is 0. The standard InChI is InChI=1S/C61H114O6/c1-4-7-10-13-15-17-19-21-23-25-26-27-28-29-30-31-32-33-34-36-37-39-41-43-45-48-51-54-60(63)66-57-58(56-65-59(62)53-50-47-12-9-6-3)67-61(64)55-52-49-46-44-42-40-38-35-24-22-20-18-16-14-11-8-5-2/h22,24-26,58H,4-21,23,27-57H2,1-3H3/b24-22-,26-25-. The topological polar surface area (TPSA) is 78.9 Å². The summed E-state index contributed by atoms with van der Waals surface area (Å²) in [5, 5.41) is 0. The maximum Gasteiger partial charge on any atom is 0.306 e. The van der Waals surface area contributed by atoms with Gasteiger partial charge in [0.05, 0.1) is 0 Å². The summed E-state index contributed by atoms with van der Waals surface area (Å²) < 4.78 is 16.7. The first-order chi connectivity index (χ1) is 33.0. The molecule has 0 aromatic heterocycles. The van der Waals surface area contributed by atoms with E-state index in [1.807, 2.05) is 0 Å². The molecule has 0 aliphatic heterocycles. The molecule has 0 aromatic carbocycles. The molecule has 0 spiro atoms. The molecule has 1 atom stereocenters. The zero-order valence-corrected chi connectivity index (χ0v) is 45.2. The summed E-state index contributed by atoms with van der Waals surface area (Å²) in [6.07, 6.45) is 66.6. The van der Waals surface area contributed by atoms with Crippen molar-refractivity contribution in [1.82, 2.24) is 0 Å². The maximum atomic E-state index is 12.8. The van der Waals surface area contributed by atoms with Gasteiger partial charge < -0.3 is 14.2 Å². The first kappa shape index (κ1) is 64.9. The SMILES string of the molecule is CCCCCCCC/C=C\CCCCCCCCCC(=O)OC(COC(=O)CCCCCCC)COC(=O)CCCCCCCCCCCCCCCCC/C=C\CCCCCCCCCC. The Morgan fingerprint density at radius 3 is 0.746 bits per heavy atom. The highest BCUT2D eigenvalue weighted by molar-refractivity contribution is 5.71. The average Bonchev–Trinajstić information content (AvgIpc) is 3.33. The first-order valence-corrected chi connectivity index (χ1v) is 29.8. The monoisotopic (exact) mass is 943 g/mol. The maximum absolute atomic E-state index is 12.8. The van der Waals surface area contributed by atoms with Crippen LogP contribution in [0.2, 0.25) is 0 Å². The van der Waals surface area contributed by atoms with Crippen LogP contribution in [0.4, 0.5) is 0 Å². The van der Waals surface area contributed by atoms with Crippen LogP contribution in [0.15, 0.2) is 24.3 Å². The number of ether oxygens (including phenoxy) is 3. The highest BCUT2D eigenvalue weighted by Crippen LogP contribution is 2.17. The number of hydrogen-bond donors (Lipinski definition) is 0. The third-order valence-corrected chi connectivity index (χ3v) is 13.4. The Balaban J connectivity index is 3.99. The molecule has 0 N–H and O–H groups in total. The van der Waals surface area contributed by atoms with Crippen molar-refractivity contribution in [1.29, 1.82) is 0 Å². The van der Waals surface area contributed by atoms with E-state index in [4.69, 9.17) is 14.2 Å². The van der Waals surface area contributed by atoms with Crippen LogP contribution in [0.3, 0.4) is 0 Å². The molecule has 6 heteroatoms. The second-order valence-electron chi connectivity index (χ2n) is 20.3. The van der Waals surface area contributed by atoms with E-state index in [0.29, 0.717) is 19.3 Å². The number of carbonyl (C=O) groups excluding carboxylic acids is 3. The number of carbonyl (C=O) groups is 3. The number of hydrogen-bond acceptors (Lipinski definition) is 6. The zero-order valence-electron chi connectivity index (χ0n) is 45.2. The Kier molecular flexibility index (Phi) is 54.7. The predicted octanol–water partition coefficient (Wildman–Crippen LogP) is 19.9. The molecule has 0 aromatic rings. The molecule has 0 saturated heterocycles. The van der Waals surface area contributed by atoms with E-state index >= 15 is 0 Å². The molecule has 6 nitrogen and oxygen atoms in total. The van der Waals surface area contributed by atoms with E-state index in [-0.39, 0.29) is 31.1 Å². The van der Waals surface area contributed by atoms with E-state index in [0.717, 1.165) is 64.2 Å². The highest BCUT2D eigenvalue weighted by atomic mass is 16.6. The predicted molar refractivity (Wildman–Crippen MR) is 289 cm³/mol. The van der Waals surface area contributed by atoms with Gasteiger partial charge in [-0.3, -0.25) is 14.4 Å². The summed E-state index contributed by atoms with van der Waals surface area (Å²) in [6.45, 7) is 6.59. The van der Waals surface area contributed by atoms with Crippen molar-refractivity contribution >= 4 is 17.9 Å². The summed E-state index contributed by atoms with van der Waals surface area (Å²) in [6, 6.07) is 0. The van der Waals surface area contributed by atoms with Crippen LogP contribution < -0.4 is 0 Å². The minimum absolute atomic E-state index is 0.0695. The van der Waals surface area contributed by atoms with Gasteiger partial charge in [-0.15, -0.1) is 0 Å². The van der Waals surface area contributed by atoms with Crippen molar-refractivity contribution in [2.24, 2.45) is 0 Å². The molecule has 0 saturated carbocycles. The Labute approximate surface area is 417 Å². The normalized spacial score (nSPS) is 12.1. The second kappa shape index (κ2) is 56.5. The first-order valence-electron chi connectivity index (χ1n) is 29.8. The lowest BCUT2D eigenvalue weighted by molar-refractivity contribution is -0.167. The van der Waals surface area contributed by atoms with Gasteiger partial charge in [-0.05, 0) is 70.6 Å². The zero-order chi connectivity index (χ0) is 48.6. The fraction of sp³-hybridized carbons (Fsp3) is 0.885. The van der Waals surface area contributed by atoms with Crippen molar-refractivity contribution < 1.29 is 28.6 Å². The molecule has 0 bridgehead atoms. The minimum atomic E-state index is -0.767. The van der Waals surface area contributed by atoms with Gasteiger partial charge in [0.1, 0.15) is 13.2 Å². The molecule has 0 amide bonds. The Morgan fingerprint density at radius 2 is 0.493 bits per heavy atom. The fourth-order valence-electron chi connectivity index (χ4n) is 8.91. The van der Waals surface area contributed by atoms with Crippen LogP contribution >= 0.6 is 0 Å². The van der Waals surface area contributed by atoms with Crippen LogP contribution in [-0.4, -0.2) is 37.2 Å². The van der Waals surface area contributed by atoms with Crippen LogP contribution in [0.5, 0.6) is 0 Å². The van der Waals surface area contributed by atoms with Crippen LogP contribution in [0.25, 0.3) is 0 Å². The number of rotatable bonds is 55. The number of unbranched alkanes of at least 4 members (excludes halogenated alkanes) is 40. The van der Waals surface area contributed by atoms with Gasteiger partial charge in [0.2, 0.25) is 0 Å². The molecule has 67 heavy (non-hydrogen) atoms. The van der Waals surface area contributed by atoms with Crippen molar-refractivity contribution in [3.63, 3.8) is 0 Å². The fourth-order valence-corrected chi connectivity index (χ4v) is 8.91. The molecule has 0 radical (unpaired) electrons. The van der Waals surface area contributed by atoms with Gasteiger partial charge in [0.15, 0.2) is 6.10 Å². The smallest absolute Gasteiger partial charge is 0.306 e. The van der Waals surface area contributed by atoms with Gasteiger partial charge >= 0.3 is 17.9 Å². The van der Waals surface area contributed by atoms with Crippen LogP contribution in [0.1, 0.15) is 329 Å². The van der Waals surface area contributed by atoms with Crippen molar-refractivity contribution in [2.45, 2.75) is 335 Å². The van der Waals surface area contributed by atoms with Crippen molar-refractivity contribution in [3.05, 3.63) is 24.3 Å². The molecular weight excluding hydrogens is 829 g/mol. The third kappa shape index (κ3) is 54.7. The molecule has 0 heterocycles. The number of esters is 3. The Morgan fingerprint density at radius 1 is 0.284 bits per heavy atom. The van der Waals surface area contributed by atoms with Gasteiger partial charge in [-0.1, -0.05) is 263 Å². The van der Waals surface area contributed by atoms with E-state index in [1.54, 1.807) is 0 Å². The minimum Gasteiger partial charge on any atom is -0.462 e. The summed E-state index contributed by atoms with van der Waals surface area (Å²) in [5.41, 5.74) is 0. The third-order valence-electron chi connectivity index (χ3n) is 13.4. The Bertz CT molecular complexity index is 1080. The summed E-state index contributed by atoms with van der Waals surface area (Å²) in [5.74, 6) is -0.871.